The van der Waals surface area contributed by atoms with Crippen LogP contribution in [0, 0.1) is 0 Å². The van der Waals surface area contributed by atoms with Crippen molar-refractivity contribution in [2.75, 3.05) is 12.8 Å². The lowest BCUT2D eigenvalue weighted by atomic mass is 10.1. The average molecular weight is 285 g/mol. The smallest absolute Gasteiger partial charge is 0.226 e. The number of amides is 1. The third kappa shape index (κ3) is 4.21. The SMILES string of the molecule is COc1cccc([C@H](C)NC(=O)Cc2ccc(N)cn2)c1. The fourth-order valence-corrected chi connectivity index (χ4v) is 1.99. The van der Waals surface area contributed by atoms with Crippen LogP contribution in [0.2, 0.25) is 0 Å². The quantitative estimate of drug-likeness (QED) is 0.882. The van der Waals surface area contributed by atoms with Crippen LogP contribution in [0.3, 0.4) is 0 Å². The number of anilines is 1. The highest BCUT2D eigenvalue weighted by Gasteiger charge is 2.11. The highest BCUT2D eigenvalue weighted by molar-refractivity contribution is 5.78. The lowest BCUT2D eigenvalue weighted by Gasteiger charge is -2.15. The van der Waals surface area contributed by atoms with Gasteiger partial charge in [0.05, 0.1) is 31.5 Å². The number of benzene rings is 1. The molecule has 1 atom stereocenters. The van der Waals surface area contributed by atoms with Gasteiger partial charge in [0.15, 0.2) is 0 Å². The molecule has 2 aromatic rings. The van der Waals surface area contributed by atoms with Gasteiger partial charge < -0.3 is 15.8 Å². The number of nitrogens with zero attached hydrogens (tertiary/aromatic N) is 1. The molecule has 0 aliphatic rings. The molecule has 0 saturated carbocycles. The second kappa shape index (κ2) is 6.74. The van der Waals surface area contributed by atoms with Crippen LogP contribution in [-0.2, 0) is 11.2 Å². The number of carbonyl (C=O) groups is 1. The van der Waals surface area contributed by atoms with Gasteiger partial charge in [0.25, 0.3) is 0 Å². The molecule has 0 aliphatic carbocycles. The van der Waals surface area contributed by atoms with Crippen LogP contribution in [-0.4, -0.2) is 18.0 Å². The summed E-state index contributed by atoms with van der Waals surface area (Å²) in [5.41, 5.74) is 7.84. The molecule has 21 heavy (non-hydrogen) atoms. The number of carbonyl (C=O) groups excluding carboxylic acids is 1. The Kier molecular flexibility index (Phi) is 4.77. The summed E-state index contributed by atoms with van der Waals surface area (Å²) in [6, 6.07) is 11.0. The fraction of sp³-hybridized carbons (Fsp3) is 0.250. The van der Waals surface area contributed by atoms with Crippen LogP contribution < -0.4 is 15.8 Å². The van der Waals surface area contributed by atoms with E-state index in [-0.39, 0.29) is 18.4 Å². The Hall–Kier alpha value is -2.56. The van der Waals surface area contributed by atoms with Gasteiger partial charge in [-0.1, -0.05) is 12.1 Å². The molecule has 5 nitrogen and oxygen atoms in total. The molecular weight excluding hydrogens is 266 g/mol. The van der Waals surface area contributed by atoms with Gasteiger partial charge in [-0.05, 0) is 36.8 Å². The van der Waals surface area contributed by atoms with Crippen molar-refractivity contribution < 1.29 is 9.53 Å². The zero-order chi connectivity index (χ0) is 15.2. The third-order valence-electron chi connectivity index (χ3n) is 3.16. The number of aromatic nitrogens is 1. The highest BCUT2D eigenvalue weighted by atomic mass is 16.5. The number of nitrogens with one attached hydrogen (secondary N) is 1. The monoisotopic (exact) mass is 285 g/mol. The third-order valence-corrected chi connectivity index (χ3v) is 3.16. The Balaban J connectivity index is 1.96. The minimum atomic E-state index is -0.0959. The van der Waals surface area contributed by atoms with Crippen molar-refractivity contribution in [3.05, 3.63) is 53.9 Å². The minimum absolute atomic E-state index is 0.0809. The van der Waals surface area contributed by atoms with Gasteiger partial charge >= 0.3 is 0 Å². The second-order valence-corrected chi connectivity index (χ2v) is 4.83. The zero-order valence-corrected chi connectivity index (χ0v) is 12.2. The molecule has 0 saturated heterocycles. The van der Waals surface area contributed by atoms with Gasteiger partial charge in [0, 0.05) is 5.69 Å². The van der Waals surface area contributed by atoms with Crippen molar-refractivity contribution >= 4 is 11.6 Å². The van der Waals surface area contributed by atoms with E-state index < -0.39 is 0 Å². The Labute approximate surface area is 124 Å². The van der Waals surface area contributed by atoms with Gasteiger partial charge in [0.2, 0.25) is 5.91 Å². The van der Waals surface area contributed by atoms with Crippen LogP contribution in [0.5, 0.6) is 5.75 Å². The number of nitrogen functional groups attached to an aromatic ring is 1. The number of hydrogen-bond donors (Lipinski definition) is 2. The van der Waals surface area contributed by atoms with E-state index in [9.17, 15) is 4.79 Å². The zero-order valence-electron chi connectivity index (χ0n) is 12.2. The topological polar surface area (TPSA) is 77.2 Å². The molecule has 0 fully saturated rings. The first-order valence-electron chi connectivity index (χ1n) is 6.72. The second-order valence-electron chi connectivity index (χ2n) is 4.83. The molecule has 1 aromatic carbocycles. The molecule has 5 heteroatoms. The Bertz CT molecular complexity index is 611. The molecule has 1 heterocycles. The van der Waals surface area contributed by atoms with Crippen LogP contribution in [0.15, 0.2) is 42.6 Å². The number of pyridine rings is 1. The van der Waals surface area contributed by atoms with E-state index in [0.29, 0.717) is 11.4 Å². The summed E-state index contributed by atoms with van der Waals surface area (Å²) in [6.07, 6.45) is 1.78. The molecule has 1 amide bonds. The minimum Gasteiger partial charge on any atom is -0.497 e. The summed E-state index contributed by atoms with van der Waals surface area (Å²) in [5, 5.41) is 2.94. The first kappa shape index (κ1) is 14.8. The van der Waals surface area contributed by atoms with E-state index in [0.717, 1.165) is 11.3 Å². The van der Waals surface area contributed by atoms with E-state index in [1.807, 2.05) is 31.2 Å². The van der Waals surface area contributed by atoms with Crippen LogP contribution in [0.1, 0.15) is 24.2 Å². The van der Waals surface area contributed by atoms with Crippen LogP contribution in [0.25, 0.3) is 0 Å². The Morgan fingerprint density at radius 1 is 1.38 bits per heavy atom. The van der Waals surface area contributed by atoms with Crippen molar-refractivity contribution in [1.29, 1.82) is 0 Å². The molecule has 3 N–H and O–H groups in total. The number of nitrogens with two attached hydrogens (primary N) is 1. The molecular formula is C16H19N3O2. The van der Waals surface area contributed by atoms with Crippen molar-refractivity contribution in [3.8, 4) is 5.75 Å². The average Bonchev–Trinajstić information content (AvgIpc) is 2.49. The van der Waals surface area contributed by atoms with E-state index in [4.69, 9.17) is 10.5 Å². The van der Waals surface area contributed by atoms with Gasteiger partial charge in [-0.15, -0.1) is 0 Å². The number of rotatable bonds is 5. The van der Waals surface area contributed by atoms with Gasteiger partial charge in [-0.25, -0.2) is 0 Å². The van der Waals surface area contributed by atoms with E-state index in [1.54, 1.807) is 25.4 Å². The molecule has 1 aromatic heterocycles. The summed E-state index contributed by atoms with van der Waals surface area (Å²) < 4.78 is 5.18. The maximum atomic E-state index is 12.0. The number of methoxy groups -OCH3 is 1. The summed E-state index contributed by atoms with van der Waals surface area (Å²) in [6.45, 7) is 1.93. The molecule has 2 rings (SSSR count). The normalized spacial score (nSPS) is 11.7. The largest absolute Gasteiger partial charge is 0.497 e. The molecule has 0 unspecified atom stereocenters. The summed E-state index contributed by atoms with van der Waals surface area (Å²) >= 11 is 0. The van der Waals surface area contributed by atoms with Crippen molar-refractivity contribution in [3.63, 3.8) is 0 Å². The Morgan fingerprint density at radius 3 is 2.86 bits per heavy atom. The maximum Gasteiger partial charge on any atom is 0.226 e. The predicted octanol–water partition coefficient (Wildman–Crippen LogP) is 2.09. The predicted molar refractivity (Wildman–Crippen MR) is 81.9 cm³/mol. The first-order chi connectivity index (χ1) is 10.1. The van der Waals surface area contributed by atoms with E-state index >= 15 is 0 Å². The summed E-state index contributed by atoms with van der Waals surface area (Å²) in [5.74, 6) is 0.691. The van der Waals surface area contributed by atoms with Crippen molar-refractivity contribution in [1.82, 2.24) is 10.3 Å². The molecule has 0 aliphatic heterocycles. The lowest BCUT2D eigenvalue weighted by Crippen LogP contribution is -2.28. The van der Waals surface area contributed by atoms with Crippen LogP contribution >= 0.6 is 0 Å². The van der Waals surface area contributed by atoms with Gasteiger partial charge in [-0.2, -0.15) is 0 Å². The number of ether oxygens (including phenoxy) is 1. The summed E-state index contributed by atoms with van der Waals surface area (Å²) in [4.78, 5) is 16.1. The van der Waals surface area contributed by atoms with Gasteiger partial charge in [0.1, 0.15) is 5.75 Å². The highest BCUT2D eigenvalue weighted by Crippen LogP contribution is 2.18. The lowest BCUT2D eigenvalue weighted by molar-refractivity contribution is -0.121. The Morgan fingerprint density at radius 2 is 2.19 bits per heavy atom. The molecule has 0 spiro atoms. The summed E-state index contributed by atoms with van der Waals surface area (Å²) in [7, 11) is 1.62. The fourth-order valence-electron chi connectivity index (χ4n) is 1.99. The molecule has 0 radical (unpaired) electrons. The van der Waals surface area contributed by atoms with Crippen molar-refractivity contribution in [2.24, 2.45) is 0 Å². The van der Waals surface area contributed by atoms with Gasteiger partial charge in [-0.3, -0.25) is 9.78 Å². The maximum absolute atomic E-state index is 12.0. The molecule has 0 bridgehead atoms. The van der Waals surface area contributed by atoms with Crippen LogP contribution in [0.4, 0.5) is 5.69 Å². The van der Waals surface area contributed by atoms with E-state index in [2.05, 4.69) is 10.3 Å². The molecule has 110 valence electrons. The standard InChI is InChI=1S/C16H19N3O2/c1-11(12-4-3-5-15(8-12)21-2)19-16(20)9-14-7-6-13(17)10-18-14/h3-8,10-11H,9,17H2,1-2H3,(H,19,20)/t11-/m0/s1. The van der Waals surface area contributed by atoms with Crippen molar-refractivity contribution in [2.45, 2.75) is 19.4 Å². The first-order valence-corrected chi connectivity index (χ1v) is 6.72. The van der Waals surface area contributed by atoms with E-state index in [1.165, 1.54) is 0 Å². The number of hydrogen-bond acceptors (Lipinski definition) is 4.